The van der Waals surface area contributed by atoms with Crippen LogP contribution in [0.3, 0.4) is 0 Å². The number of hydrogen-bond acceptors (Lipinski definition) is 12. The van der Waals surface area contributed by atoms with Gasteiger partial charge in [0.1, 0.15) is 38.6 Å². The van der Waals surface area contributed by atoms with E-state index in [2.05, 4.69) is 68.6 Å². The SMILES string of the molecule is CN(C)CCCNC(=O)OCC(O)COC(=O)NCCC[Si](C)(C)O[Si](C)(C)CCCNC(=O)OCC(O)COC(=O)NCCC[N+](C)(C)C. The van der Waals surface area contributed by atoms with Gasteiger partial charge in [0.05, 0.1) is 27.7 Å². The van der Waals surface area contributed by atoms with Gasteiger partial charge in [0.25, 0.3) is 0 Å². The number of ether oxygens (including phenoxy) is 4. The maximum absolute atomic E-state index is 12.0. The molecule has 19 heteroatoms. The van der Waals surface area contributed by atoms with Crippen molar-refractivity contribution in [3.8, 4) is 0 Å². The summed E-state index contributed by atoms with van der Waals surface area (Å²) in [5.41, 5.74) is 0. The zero-order chi connectivity index (χ0) is 38.2. The largest absolute Gasteiger partial charge is 0.455 e. The number of aliphatic hydroxyl groups is 2. The smallest absolute Gasteiger partial charge is 0.407 e. The lowest BCUT2D eigenvalue weighted by Gasteiger charge is -2.34. The molecule has 0 aromatic rings. The van der Waals surface area contributed by atoms with Crippen molar-refractivity contribution in [1.82, 2.24) is 26.2 Å². The topological polar surface area (TPSA) is 206 Å². The lowest BCUT2D eigenvalue weighted by atomic mass is 10.4. The molecule has 0 rings (SSSR count). The third-order valence-corrected chi connectivity index (χ3v) is 14.5. The first-order chi connectivity index (χ1) is 23.2. The van der Waals surface area contributed by atoms with Crippen LogP contribution in [0.2, 0.25) is 38.3 Å². The van der Waals surface area contributed by atoms with Gasteiger partial charge in [-0.3, -0.25) is 0 Å². The van der Waals surface area contributed by atoms with Crippen molar-refractivity contribution in [3.05, 3.63) is 0 Å². The van der Waals surface area contributed by atoms with Crippen LogP contribution in [0.25, 0.3) is 0 Å². The van der Waals surface area contributed by atoms with Crippen molar-refractivity contribution in [2.24, 2.45) is 0 Å². The minimum absolute atomic E-state index is 0.286. The number of quaternary nitrogens is 1. The van der Waals surface area contributed by atoms with Gasteiger partial charge >= 0.3 is 24.4 Å². The van der Waals surface area contributed by atoms with Crippen molar-refractivity contribution in [2.75, 3.05) is 101 Å². The fourth-order valence-electron chi connectivity index (χ4n) is 4.58. The van der Waals surface area contributed by atoms with Crippen LogP contribution < -0.4 is 21.3 Å². The molecule has 0 radical (unpaired) electrons. The van der Waals surface area contributed by atoms with E-state index in [0.29, 0.717) is 39.0 Å². The van der Waals surface area contributed by atoms with Crippen LogP contribution in [0.15, 0.2) is 0 Å². The minimum atomic E-state index is -2.04. The summed E-state index contributed by atoms with van der Waals surface area (Å²) in [6, 6.07) is 1.64. The molecule has 0 saturated carbocycles. The number of carbonyl (C=O) groups is 4. The van der Waals surface area contributed by atoms with E-state index < -0.39 is 53.2 Å². The second kappa shape index (κ2) is 25.3. The molecule has 50 heavy (non-hydrogen) atoms. The van der Waals surface area contributed by atoms with Crippen molar-refractivity contribution < 1.29 is 56.9 Å². The summed E-state index contributed by atoms with van der Waals surface area (Å²) in [6.07, 6.45) is -1.89. The number of nitrogens with one attached hydrogen (secondary N) is 4. The minimum Gasteiger partial charge on any atom is -0.455 e. The lowest BCUT2D eigenvalue weighted by molar-refractivity contribution is -0.870. The third-order valence-electron chi connectivity index (χ3n) is 6.96. The molecule has 0 aliphatic rings. The predicted molar refractivity (Wildman–Crippen MR) is 195 cm³/mol. The monoisotopic (exact) mass is 755 g/mol. The molecule has 0 saturated heterocycles. The van der Waals surface area contributed by atoms with Crippen LogP contribution in [-0.4, -0.2) is 174 Å². The zero-order valence-electron chi connectivity index (χ0n) is 31.9. The molecular weight excluding hydrogens is 689 g/mol. The summed E-state index contributed by atoms with van der Waals surface area (Å²) >= 11 is 0. The summed E-state index contributed by atoms with van der Waals surface area (Å²) in [4.78, 5) is 49.4. The van der Waals surface area contributed by atoms with Gasteiger partial charge in [-0.2, -0.15) is 0 Å². The number of alkyl carbamates (subject to hydrolysis) is 4. The Morgan fingerprint density at radius 2 is 0.920 bits per heavy atom. The predicted octanol–water partition coefficient (Wildman–Crippen LogP) is 1.87. The molecule has 0 fully saturated rings. The van der Waals surface area contributed by atoms with E-state index in [0.717, 1.165) is 42.5 Å². The normalized spacial score (nSPS) is 13.2. The molecule has 0 aliphatic carbocycles. The summed E-state index contributed by atoms with van der Waals surface area (Å²) in [5, 5.41) is 30.4. The van der Waals surface area contributed by atoms with E-state index >= 15 is 0 Å². The van der Waals surface area contributed by atoms with Gasteiger partial charge in [-0.25, -0.2) is 19.2 Å². The molecular formula is C31H67N6O11Si2+. The number of rotatable bonds is 26. The maximum atomic E-state index is 12.0. The highest BCUT2D eigenvalue weighted by Gasteiger charge is 2.32. The van der Waals surface area contributed by atoms with E-state index in [4.69, 9.17) is 23.1 Å². The first kappa shape index (κ1) is 47.3. The summed E-state index contributed by atoms with van der Waals surface area (Å²) in [6.45, 7) is 10.8. The van der Waals surface area contributed by atoms with Crippen LogP contribution in [0, 0.1) is 0 Å². The molecule has 0 aromatic heterocycles. The Bertz CT molecular complexity index is 987. The molecule has 6 N–H and O–H groups in total. The number of carbonyl (C=O) groups excluding carboxylic acids is 4. The average molecular weight is 756 g/mol. The molecule has 0 aliphatic heterocycles. The van der Waals surface area contributed by atoms with Crippen LogP contribution in [0.5, 0.6) is 0 Å². The Kier molecular flexibility index (Phi) is 23.9. The first-order valence-corrected chi connectivity index (χ1v) is 23.6. The molecule has 2 unspecified atom stereocenters. The molecule has 0 heterocycles. The van der Waals surface area contributed by atoms with E-state index in [-0.39, 0.29) is 26.4 Å². The van der Waals surface area contributed by atoms with Gasteiger partial charge < -0.3 is 63.9 Å². The molecule has 17 nitrogen and oxygen atoms in total. The zero-order valence-corrected chi connectivity index (χ0v) is 33.9. The highest BCUT2D eigenvalue weighted by molar-refractivity contribution is 6.84. The summed E-state index contributed by atoms with van der Waals surface area (Å²) in [5.74, 6) is 0. The van der Waals surface area contributed by atoms with E-state index in [9.17, 15) is 29.4 Å². The van der Waals surface area contributed by atoms with Crippen LogP contribution in [0.4, 0.5) is 19.2 Å². The van der Waals surface area contributed by atoms with Crippen molar-refractivity contribution in [3.63, 3.8) is 0 Å². The highest BCUT2D eigenvalue weighted by atomic mass is 28.4. The molecule has 4 amide bonds. The van der Waals surface area contributed by atoms with Crippen LogP contribution >= 0.6 is 0 Å². The average Bonchev–Trinajstić information content (AvgIpc) is 3.00. The first-order valence-electron chi connectivity index (χ1n) is 17.3. The fraction of sp³-hybridized carbons (Fsp3) is 0.871. The highest BCUT2D eigenvalue weighted by Crippen LogP contribution is 2.23. The molecule has 294 valence electrons. The molecule has 0 aromatic carbocycles. The molecule has 0 bridgehead atoms. The Labute approximate surface area is 300 Å². The number of amides is 4. The van der Waals surface area contributed by atoms with Gasteiger partial charge in [0.2, 0.25) is 0 Å². The molecule has 0 spiro atoms. The summed E-state index contributed by atoms with van der Waals surface area (Å²) in [7, 11) is 6.00. The Hall–Kier alpha value is -2.69. The van der Waals surface area contributed by atoms with E-state index in [1.54, 1.807) is 0 Å². The number of aliphatic hydroxyl groups excluding tert-OH is 2. The van der Waals surface area contributed by atoms with Crippen LogP contribution in [0.1, 0.15) is 25.7 Å². The van der Waals surface area contributed by atoms with Crippen molar-refractivity contribution in [2.45, 2.75) is 76.2 Å². The van der Waals surface area contributed by atoms with Crippen molar-refractivity contribution in [1.29, 1.82) is 0 Å². The van der Waals surface area contributed by atoms with E-state index in [1.165, 1.54) is 0 Å². The van der Waals surface area contributed by atoms with Gasteiger partial charge in [-0.05, 0) is 78.2 Å². The van der Waals surface area contributed by atoms with Gasteiger partial charge in [-0.1, -0.05) is 0 Å². The van der Waals surface area contributed by atoms with E-state index in [1.807, 2.05) is 19.0 Å². The van der Waals surface area contributed by atoms with Crippen molar-refractivity contribution >= 4 is 41.0 Å². The Balaban J connectivity index is 4.05. The van der Waals surface area contributed by atoms with Gasteiger partial charge in [0.15, 0.2) is 16.6 Å². The Morgan fingerprint density at radius 1 is 0.600 bits per heavy atom. The van der Waals surface area contributed by atoms with Gasteiger partial charge in [0, 0.05) is 32.6 Å². The lowest BCUT2D eigenvalue weighted by Crippen LogP contribution is -2.45. The summed E-state index contributed by atoms with van der Waals surface area (Å²) < 4.78 is 27.3. The Morgan fingerprint density at radius 3 is 1.24 bits per heavy atom. The van der Waals surface area contributed by atoms with Crippen LogP contribution in [-0.2, 0) is 23.1 Å². The fourth-order valence-corrected chi connectivity index (χ4v) is 13.4. The maximum Gasteiger partial charge on any atom is 0.407 e. The van der Waals surface area contributed by atoms with Gasteiger partial charge in [-0.15, -0.1) is 0 Å². The third kappa shape index (κ3) is 30.2. The second-order valence-corrected chi connectivity index (χ2v) is 23.6. The quantitative estimate of drug-likeness (QED) is 0.0324. The molecule has 2 atom stereocenters. The second-order valence-electron chi connectivity index (χ2n) is 14.8. The number of nitrogens with zero attached hydrogens (tertiary/aromatic N) is 2. The standard InChI is InChI=1S/C31H66N6O11Si2/c1-36(2)18-10-14-32-28(40)44-22-26(38)24-46-30(42)34-16-12-20-49(6,7)48-50(8,9)21-13-17-35-31(43)47-25-27(39)23-45-29(41)33-15-11-19-37(3,4)5/h26-27,38-39H,10-25H2,1-9H3,(H3-,32,33,34,35,40,41,42,43)/p+1. The number of hydrogen-bond donors (Lipinski definition) is 6.